The lowest BCUT2D eigenvalue weighted by atomic mass is 10.1. The summed E-state index contributed by atoms with van der Waals surface area (Å²) in [4.78, 5) is 26.6. The first-order valence-corrected chi connectivity index (χ1v) is 10.0. The van der Waals surface area contributed by atoms with Gasteiger partial charge < -0.3 is 0 Å². The summed E-state index contributed by atoms with van der Waals surface area (Å²) in [5, 5.41) is 4.90. The average molecular weight is 397 g/mol. The number of carbonyl (C=O) groups is 1. The van der Waals surface area contributed by atoms with Crippen molar-refractivity contribution >= 4 is 39.7 Å². The molecule has 5 rings (SSSR count). The fraction of sp³-hybridized carbons (Fsp3) is 0.0455. The molecule has 0 aliphatic rings. The first-order chi connectivity index (χ1) is 14.3. The van der Waals surface area contributed by atoms with Crippen molar-refractivity contribution in [1.82, 2.24) is 24.7 Å². The van der Waals surface area contributed by atoms with Crippen LogP contribution in [0.15, 0.2) is 84.3 Å². The molecule has 6 nitrogen and oxygen atoms in total. The van der Waals surface area contributed by atoms with Gasteiger partial charge in [0.25, 0.3) is 5.91 Å². The van der Waals surface area contributed by atoms with Crippen LogP contribution in [-0.4, -0.2) is 30.6 Å². The zero-order chi connectivity index (χ0) is 19.6. The Kier molecular flexibility index (Phi) is 4.50. The van der Waals surface area contributed by atoms with Gasteiger partial charge in [-0.25, -0.2) is 15.0 Å². The molecule has 0 N–H and O–H groups in total. The van der Waals surface area contributed by atoms with E-state index < -0.39 is 0 Å². The highest BCUT2D eigenvalue weighted by Gasteiger charge is 2.16. The lowest BCUT2D eigenvalue weighted by Gasteiger charge is -2.05. The standard InChI is InChI=1S/C22H15N5OS/c28-21(27-14-23-22(26-27)29-13-15-7-2-1-3-8-15)16-9-6-12-19-20(16)25-18-11-5-4-10-17(18)24-19/h1-12,14H,13H2. The Bertz CT molecular complexity index is 1330. The van der Waals surface area contributed by atoms with E-state index in [0.29, 0.717) is 21.8 Å². The van der Waals surface area contributed by atoms with Gasteiger partial charge in [-0.3, -0.25) is 4.79 Å². The SMILES string of the molecule is O=C(c1cccc2nc3ccccc3nc12)n1cnc(SCc2ccccc2)n1. The van der Waals surface area contributed by atoms with Crippen molar-refractivity contribution in [2.45, 2.75) is 10.9 Å². The van der Waals surface area contributed by atoms with E-state index in [2.05, 4.69) is 20.1 Å². The second-order valence-electron chi connectivity index (χ2n) is 6.44. The predicted octanol–water partition coefficient (Wildman–Crippen LogP) is 4.36. The number of hydrogen-bond acceptors (Lipinski definition) is 6. The van der Waals surface area contributed by atoms with Gasteiger partial charge in [-0.05, 0) is 29.8 Å². The molecule has 0 unspecified atom stereocenters. The predicted molar refractivity (Wildman–Crippen MR) is 113 cm³/mol. The van der Waals surface area contributed by atoms with Crippen LogP contribution in [0.25, 0.3) is 22.1 Å². The van der Waals surface area contributed by atoms with Gasteiger partial charge in [-0.2, -0.15) is 4.68 Å². The molecule has 3 aromatic carbocycles. The van der Waals surface area contributed by atoms with E-state index in [1.165, 1.54) is 28.3 Å². The van der Waals surface area contributed by atoms with Crippen LogP contribution in [-0.2, 0) is 5.75 Å². The van der Waals surface area contributed by atoms with E-state index in [9.17, 15) is 4.79 Å². The molecule has 0 fully saturated rings. The Labute approximate surface area is 170 Å². The highest BCUT2D eigenvalue weighted by Crippen LogP contribution is 2.21. The van der Waals surface area contributed by atoms with Crippen molar-refractivity contribution in [3.8, 4) is 0 Å². The van der Waals surface area contributed by atoms with Gasteiger partial charge >= 0.3 is 0 Å². The Morgan fingerprint density at radius 2 is 1.55 bits per heavy atom. The van der Waals surface area contributed by atoms with Crippen LogP contribution in [0.2, 0.25) is 0 Å². The van der Waals surface area contributed by atoms with E-state index >= 15 is 0 Å². The maximum absolute atomic E-state index is 13.1. The largest absolute Gasteiger partial charge is 0.281 e. The van der Waals surface area contributed by atoms with Crippen LogP contribution < -0.4 is 0 Å². The molecule has 0 spiro atoms. The molecule has 0 bridgehead atoms. The molecule has 0 aliphatic carbocycles. The second-order valence-corrected chi connectivity index (χ2v) is 7.38. The monoisotopic (exact) mass is 397 g/mol. The fourth-order valence-electron chi connectivity index (χ4n) is 3.07. The molecule has 7 heteroatoms. The highest BCUT2D eigenvalue weighted by molar-refractivity contribution is 7.98. The third-order valence-electron chi connectivity index (χ3n) is 4.49. The summed E-state index contributed by atoms with van der Waals surface area (Å²) in [7, 11) is 0. The zero-order valence-corrected chi connectivity index (χ0v) is 16.1. The highest BCUT2D eigenvalue weighted by atomic mass is 32.2. The van der Waals surface area contributed by atoms with E-state index in [4.69, 9.17) is 0 Å². The summed E-state index contributed by atoms with van der Waals surface area (Å²) in [6, 6.07) is 23.1. The number of thioether (sulfide) groups is 1. The number of rotatable bonds is 4. The molecule has 5 aromatic rings. The third kappa shape index (κ3) is 3.48. The Hall–Kier alpha value is -3.58. The Morgan fingerprint density at radius 1 is 0.828 bits per heavy atom. The van der Waals surface area contributed by atoms with Crippen LogP contribution in [0.5, 0.6) is 0 Å². The van der Waals surface area contributed by atoms with Crippen LogP contribution in [0.3, 0.4) is 0 Å². The van der Waals surface area contributed by atoms with Gasteiger partial charge in [0, 0.05) is 5.75 Å². The van der Waals surface area contributed by atoms with Crippen LogP contribution in [0.4, 0.5) is 0 Å². The lowest BCUT2D eigenvalue weighted by molar-refractivity contribution is 0.0945. The fourth-order valence-corrected chi connectivity index (χ4v) is 3.83. The van der Waals surface area contributed by atoms with E-state index in [0.717, 1.165) is 16.8 Å². The summed E-state index contributed by atoms with van der Waals surface area (Å²) in [5.74, 6) is 0.462. The number of benzene rings is 3. The number of carbonyl (C=O) groups excluding carboxylic acids is 1. The first kappa shape index (κ1) is 17.5. The lowest BCUT2D eigenvalue weighted by Crippen LogP contribution is -2.13. The van der Waals surface area contributed by atoms with E-state index in [-0.39, 0.29) is 5.91 Å². The Balaban J connectivity index is 1.45. The molecule has 0 saturated carbocycles. The maximum Gasteiger partial charge on any atom is 0.281 e. The van der Waals surface area contributed by atoms with Gasteiger partial charge in [-0.15, -0.1) is 5.10 Å². The Morgan fingerprint density at radius 3 is 2.38 bits per heavy atom. The second kappa shape index (κ2) is 7.44. The number of fused-ring (bicyclic) bond motifs is 2. The molecule has 2 aromatic heterocycles. The minimum Gasteiger partial charge on any atom is -0.267 e. The van der Waals surface area contributed by atoms with Gasteiger partial charge in [-0.1, -0.05) is 60.3 Å². The van der Waals surface area contributed by atoms with Crippen molar-refractivity contribution in [2.24, 2.45) is 0 Å². The summed E-state index contributed by atoms with van der Waals surface area (Å²) in [5.41, 5.74) is 4.41. The first-order valence-electron chi connectivity index (χ1n) is 9.06. The van der Waals surface area contributed by atoms with Crippen molar-refractivity contribution in [3.63, 3.8) is 0 Å². The molecule has 0 radical (unpaired) electrons. The van der Waals surface area contributed by atoms with Crippen LogP contribution in [0, 0.1) is 0 Å². The topological polar surface area (TPSA) is 73.6 Å². The van der Waals surface area contributed by atoms with Crippen molar-refractivity contribution in [3.05, 3.63) is 90.3 Å². The summed E-state index contributed by atoms with van der Waals surface area (Å²) in [6.07, 6.45) is 1.45. The molecular weight excluding hydrogens is 382 g/mol. The van der Waals surface area contributed by atoms with Gasteiger partial charge in [0.1, 0.15) is 11.8 Å². The molecule has 0 aliphatic heterocycles. The molecule has 0 saturated heterocycles. The summed E-state index contributed by atoms with van der Waals surface area (Å²) >= 11 is 1.49. The van der Waals surface area contributed by atoms with Gasteiger partial charge in [0.05, 0.1) is 22.1 Å². The number of nitrogens with zero attached hydrogens (tertiary/aromatic N) is 5. The molecule has 140 valence electrons. The van der Waals surface area contributed by atoms with Crippen LogP contribution >= 0.6 is 11.8 Å². The van der Waals surface area contributed by atoms with Crippen molar-refractivity contribution in [2.75, 3.05) is 0 Å². The number of aromatic nitrogens is 5. The molecular formula is C22H15N5OS. The van der Waals surface area contributed by atoms with Gasteiger partial charge in [0.15, 0.2) is 0 Å². The normalized spacial score (nSPS) is 11.2. The zero-order valence-electron chi connectivity index (χ0n) is 15.3. The smallest absolute Gasteiger partial charge is 0.267 e. The molecule has 0 amide bonds. The van der Waals surface area contributed by atoms with E-state index in [1.54, 1.807) is 12.1 Å². The minimum atomic E-state index is -0.278. The molecule has 2 heterocycles. The third-order valence-corrected chi connectivity index (χ3v) is 5.41. The molecule has 29 heavy (non-hydrogen) atoms. The van der Waals surface area contributed by atoms with Gasteiger partial charge in [0.2, 0.25) is 5.16 Å². The quantitative estimate of drug-likeness (QED) is 0.331. The van der Waals surface area contributed by atoms with Crippen molar-refractivity contribution < 1.29 is 4.79 Å². The summed E-state index contributed by atoms with van der Waals surface area (Å²) in [6.45, 7) is 0. The number of hydrogen-bond donors (Lipinski definition) is 0. The molecule has 0 atom stereocenters. The van der Waals surface area contributed by atoms with Crippen LogP contribution in [0.1, 0.15) is 15.9 Å². The summed E-state index contributed by atoms with van der Waals surface area (Å²) < 4.78 is 1.26. The maximum atomic E-state index is 13.1. The minimum absolute atomic E-state index is 0.278. The van der Waals surface area contributed by atoms with E-state index in [1.807, 2.05) is 60.7 Å². The van der Waals surface area contributed by atoms with Crippen molar-refractivity contribution in [1.29, 1.82) is 0 Å². The number of para-hydroxylation sites is 3. The average Bonchev–Trinajstić information content (AvgIpc) is 3.25.